The van der Waals surface area contributed by atoms with Gasteiger partial charge < -0.3 is 10.4 Å². The fourth-order valence-electron chi connectivity index (χ4n) is 2.55. The van der Waals surface area contributed by atoms with Crippen molar-refractivity contribution >= 4 is 17.2 Å². The van der Waals surface area contributed by atoms with E-state index in [-0.39, 0.29) is 11.7 Å². The molecule has 1 heterocycles. The molecule has 2 N–H and O–H groups in total. The van der Waals surface area contributed by atoms with Crippen molar-refractivity contribution in [2.75, 3.05) is 6.54 Å². The molecule has 3 rings (SSSR count). The second-order valence-electron chi connectivity index (χ2n) is 5.83. The smallest absolute Gasteiger partial charge is 0.263 e. The maximum absolute atomic E-state index is 12.4. The third-order valence-electron chi connectivity index (χ3n) is 3.89. The van der Waals surface area contributed by atoms with Crippen molar-refractivity contribution in [3.05, 3.63) is 70.7 Å². The third kappa shape index (κ3) is 4.45. The quantitative estimate of drug-likeness (QED) is 0.654. The fraction of sp³-hybridized carbons (Fsp3) is 0.200. The van der Waals surface area contributed by atoms with Crippen molar-refractivity contribution in [2.45, 2.75) is 19.8 Å². The number of thiazole rings is 1. The lowest BCUT2D eigenvalue weighted by atomic mass is 10.1. The molecule has 4 nitrogen and oxygen atoms in total. The van der Waals surface area contributed by atoms with Crippen LogP contribution in [0.3, 0.4) is 0 Å². The van der Waals surface area contributed by atoms with Gasteiger partial charge in [-0.25, -0.2) is 4.98 Å². The summed E-state index contributed by atoms with van der Waals surface area (Å²) in [5.74, 6) is 0.204. The normalized spacial score (nSPS) is 10.6. The van der Waals surface area contributed by atoms with E-state index in [9.17, 15) is 9.90 Å². The van der Waals surface area contributed by atoms with Gasteiger partial charge in [0.15, 0.2) is 0 Å². The van der Waals surface area contributed by atoms with Gasteiger partial charge in [-0.3, -0.25) is 4.79 Å². The lowest BCUT2D eigenvalue weighted by molar-refractivity contribution is 0.0956. The third-order valence-corrected chi connectivity index (χ3v) is 5.09. The first-order chi connectivity index (χ1) is 12.1. The maximum Gasteiger partial charge on any atom is 0.263 e. The van der Waals surface area contributed by atoms with E-state index in [1.807, 2.05) is 49.4 Å². The number of aromatic hydroxyl groups is 1. The van der Waals surface area contributed by atoms with Gasteiger partial charge in [0.1, 0.15) is 15.6 Å². The topological polar surface area (TPSA) is 62.2 Å². The number of hydrogen-bond donors (Lipinski definition) is 2. The van der Waals surface area contributed by atoms with Crippen molar-refractivity contribution in [2.24, 2.45) is 0 Å². The minimum absolute atomic E-state index is 0.0668. The summed E-state index contributed by atoms with van der Waals surface area (Å²) in [4.78, 5) is 17.6. The van der Waals surface area contributed by atoms with Gasteiger partial charge in [0.25, 0.3) is 5.91 Å². The molecule has 0 aliphatic carbocycles. The van der Waals surface area contributed by atoms with Gasteiger partial charge in [0.2, 0.25) is 0 Å². The lowest BCUT2D eigenvalue weighted by Gasteiger charge is -2.04. The van der Waals surface area contributed by atoms with Gasteiger partial charge >= 0.3 is 0 Å². The van der Waals surface area contributed by atoms with Gasteiger partial charge in [-0.15, -0.1) is 11.3 Å². The second-order valence-corrected chi connectivity index (χ2v) is 6.82. The van der Waals surface area contributed by atoms with E-state index in [0.717, 1.165) is 34.7 Å². The molecular formula is C20H20N2O2S. The minimum Gasteiger partial charge on any atom is -0.508 e. The van der Waals surface area contributed by atoms with Gasteiger partial charge in [0.05, 0.1) is 5.69 Å². The van der Waals surface area contributed by atoms with Crippen LogP contribution in [0, 0.1) is 6.92 Å². The molecule has 3 aromatic rings. The molecule has 2 aromatic carbocycles. The Kier molecular flexibility index (Phi) is 5.46. The van der Waals surface area contributed by atoms with Gasteiger partial charge in [0, 0.05) is 12.1 Å². The Balaban J connectivity index is 1.55. The number of phenols is 1. The number of carbonyl (C=O) groups is 1. The summed E-state index contributed by atoms with van der Waals surface area (Å²) in [5.41, 5.74) is 2.94. The van der Waals surface area contributed by atoms with E-state index < -0.39 is 0 Å². The van der Waals surface area contributed by atoms with Crippen molar-refractivity contribution in [3.63, 3.8) is 0 Å². The van der Waals surface area contributed by atoms with E-state index >= 15 is 0 Å². The largest absolute Gasteiger partial charge is 0.508 e. The maximum atomic E-state index is 12.4. The predicted molar refractivity (Wildman–Crippen MR) is 101 cm³/mol. The molecule has 0 bridgehead atoms. The Morgan fingerprint density at radius 2 is 1.84 bits per heavy atom. The minimum atomic E-state index is -0.0668. The highest BCUT2D eigenvalue weighted by Crippen LogP contribution is 2.27. The summed E-state index contributed by atoms with van der Waals surface area (Å²) in [6.45, 7) is 2.48. The Morgan fingerprint density at radius 1 is 1.12 bits per heavy atom. The molecule has 0 aliphatic heterocycles. The molecule has 0 radical (unpaired) electrons. The number of amides is 1. The molecule has 25 heavy (non-hydrogen) atoms. The van der Waals surface area contributed by atoms with E-state index in [1.54, 1.807) is 12.1 Å². The standard InChI is InChI=1S/C20H20N2O2S/c1-14-18(25-20(22-14)16-7-3-2-4-8-16)19(24)21-13-5-6-15-9-11-17(23)12-10-15/h2-4,7-12,23H,5-6,13H2,1H3,(H,21,24). The Morgan fingerprint density at radius 3 is 2.56 bits per heavy atom. The van der Waals surface area contributed by atoms with Crippen molar-refractivity contribution in [3.8, 4) is 16.3 Å². The lowest BCUT2D eigenvalue weighted by Crippen LogP contribution is -2.24. The van der Waals surface area contributed by atoms with Gasteiger partial charge in [-0.1, -0.05) is 42.5 Å². The first-order valence-corrected chi connectivity index (χ1v) is 9.04. The van der Waals surface area contributed by atoms with E-state index in [2.05, 4.69) is 10.3 Å². The first kappa shape index (κ1) is 17.2. The molecule has 0 spiro atoms. The van der Waals surface area contributed by atoms with Crippen molar-refractivity contribution in [1.82, 2.24) is 10.3 Å². The van der Waals surface area contributed by atoms with E-state index in [0.29, 0.717) is 11.4 Å². The highest BCUT2D eigenvalue weighted by atomic mass is 32.1. The van der Waals surface area contributed by atoms with Gasteiger partial charge in [-0.2, -0.15) is 0 Å². The van der Waals surface area contributed by atoms with E-state index in [4.69, 9.17) is 0 Å². The van der Waals surface area contributed by atoms with Crippen LogP contribution in [0.15, 0.2) is 54.6 Å². The second kappa shape index (κ2) is 7.94. The van der Waals surface area contributed by atoms with Crippen LogP contribution in [-0.4, -0.2) is 22.5 Å². The Labute approximate surface area is 151 Å². The molecule has 5 heteroatoms. The summed E-state index contributed by atoms with van der Waals surface area (Å²) in [6.07, 6.45) is 1.71. The number of carbonyl (C=O) groups excluding carboxylic acids is 1. The number of aromatic nitrogens is 1. The van der Waals surface area contributed by atoms with Crippen LogP contribution >= 0.6 is 11.3 Å². The number of nitrogens with zero attached hydrogens (tertiary/aromatic N) is 1. The summed E-state index contributed by atoms with van der Waals surface area (Å²) in [5, 5.41) is 13.1. The number of rotatable bonds is 6. The zero-order valence-corrected chi connectivity index (χ0v) is 14.8. The average molecular weight is 352 g/mol. The molecule has 0 atom stereocenters. The molecule has 0 unspecified atom stereocenters. The molecule has 0 aliphatic rings. The van der Waals surface area contributed by atoms with Crippen LogP contribution < -0.4 is 5.32 Å². The van der Waals surface area contributed by atoms with Crippen LogP contribution in [0.1, 0.15) is 27.3 Å². The molecule has 0 fully saturated rings. The summed E-state index contributed by atoms with van der Waals surface area (Å²) >= 11 is 1.43. The number of phenolic OH excluding ortho intramolecular Hbond substituents is 1. The van der Waals surface area contributed by atoms with Gasteiger partial charge in [-0.05, 0) is 37.5 Å². The SMILES string of the molecule is Cc1nc(-c2ccccc2)sc1C(=O)NCCCc1ccc(O)cc1. The monoisotopic (exact) mass is 352 g/mol. The number of hydrogen-bond acceptors (Lipinski definition) is 4. The molecular weight excluding hydrogens is 332 g/mol. The molecule has 0 saturated carbocycles. The molecule has 1 aromatic heterocycles. The van der Waals surface area contributed by atoms with E-state index in [1.165, 1.54) is 11.3 Å². The van der Waals surface area contributed by atoms with Crippen LogP contribution in [0.5, 0.6) is 5.75 Å². The average Bonchev–Trinajstić information content (AvgIpc) is 3.03. The Hall–Kier alpha value is -2.66. The molecule has 0 saturated heterocycles. The van der Waals surface area contributed by atoms with Crippen molar-refractivity contribution < 1.29 is 9.90 Å². The van der Waals surface area contributed by atoms with Crippen LogP contribution in [0.4, 0.5) is 0 Å². The fourth-order valence-corrected chi connectivity index (χ4v) is 3.54. The molecule has 1 amide bonds. The summed E-state index contributed by atoms with van der Waals surface area (Å²) in [7, 11) is 0. The van der Waals surface area contributed by atoms with Crippen LogP contribution in [0.2, 0.25) is 0 Å². The number of benzene rings is 2. The van der Waals surface area contributed by atoms with Crippen LogP contribution in [0.25, 0.3) is 10.6 Å². The highest BCUT2D eigenvalue weighted by molar-refractivity contribution is 7.17. The highest BCUT2D eigenvalue weighted by Gasteiger charge is 2.15. The zero-order valence-electron chi connectivity index (χ0n) is 14.0. The predicted octanol–water partition coefficient (Wildman–Crippen LogP) is 4.19. The summed E-state index contributed by atoms with van der Waals surface area (Å²) < 4.78 is 0. The summed E-state index contributed by atoms with van der Waals surface area (Å²) in [6, 6.07) is 17.1. The number of aryl methyl sites for hydroxylation is 2. The Bertz CT molecular complexity index is 842. The van der Waals surface area contributed by atoms with Crippen molar-refractivity contribution in [1.29, 1.82) is 0 Å². The zero-order chi connectivity index (χ0) is 17.6. The van der Waals surface area contributed by atoms with Crippen LogP contribution in [-0.2, 0) is 6.42 Å². The number of nitrogens with one attached hydrogen (secondary N) is 1. The first-order valence-electron chi connectivity index (χ1n) is 8.22. The molecule has 128 valence electrons.